The molecule has 2 N–H and O–H groups in total. The summed E-state index contributed by atoms with van der Waals surface area (Å²) in [5.41, 5.74) is 0.899. The fraction of sp³-hybridized carbons (Fsp3) is 0.500. The highest BCUT2D eigenvalue weighted by atomic mass is 32.2. The number of halogens is 1. The zero-order valence-electron chi connectivity index (χ0n) is 9.83. The minimum Gasteiger partial charge on any atom is -0.395 e. The van der Waals surface area contributed by atoms with Crippen LogP contribution in [0.5, 0.6) is 0 Å². The van der Waals surface area contributed by atoms with Gasteiger partial charge in [0, 0.05) is 17.0 Å². The van der Waals surface area contributed by atoms with Crippen molar-refractivity contribution in [3.63, 3.8) is 0 Å². The molecule has 0 spiro atoms. The van der Waals surface area contributed by atoms with Crippen LogP contribution in [0.15, 0.2) is 23.1 Å². The molecule has 0 heterocycles. The predicted octanol–water partition coefficient (Wildman–Crippen LogP) is 2.58. The normalized spacial score (nSPS) is 14.8. The highest BCUT2D eigenvalue weighted by Gasteiger charge is 2.10. The number of nitrogens with one attached hydrogen (secondary N) is 1. The van der Waals surface area contributed by atoms with E-state index >= 15 is 0 Å². The highest BCUT2D eigenvalue weighted by Crippen LogP contribution is 2.23. The Morgan fingerprint density at radius 3 is 2.62 bits per heavy atom. The van der Waals surface area contributed by atoms with E-state index in [2.05, 4.69) is 5.32 Å². The third kappa shape index (κ3) is 3.47. The lowest BCUT2D eigenvalue weighted by Gasteiger charge is -2.19. The molecule has 0 aliphatic heterocycles. The van der Waals surface area contributed by atoms with Gasteiger partial charge in [0.15, 0.2) is 0 Å². The Bertz CT molecular complexity index is 346. The zero-order valence-corrected chi connectivity index (χ0v) is 10.6. The van der Waals surface area contributed by atoms with Crippen LogP contribution in [0.25, 0.3) is 0 Å². The predicted molar refractivity (Wildman–Crippen MR) is 66.3 cm³/mol. The number of hydrogen-bond acceptors (Lipinski definition) is 3. The summed E-state index contributed by atoms with van der Waals surface area (Å²) < 4.78 is 13.5. The number of aliphatic hydroxyl groups is 1. The van der Waals surface area contributed by atoms with Gasteiger partial charge in [-0.3, -0.25) is 0 Å². The van der Waals surface area contributed by atoms with Gasteiger partial charge in [-0.25, -0.2) is 4.39 Å². The average molecular weight is 243 g/mol. The van der Waals surface area contributed by atoms with Crippen molar-refractivity contribution in [1.82, 2.24) is 5.32 Å². The number of thioether (sulfide) groups is 1. The topological polar surface area (TPSA) is 32.3 Å². The van der Waals surface area contributed by atoms with Crippen LogP contribution in [-0.2, 0) is 0 Å². The monoisotopic (exact) mass is 243 g/mol. The van der Waals surface area contributed by atoms with Crippen LogP contribution in [-0.4, -0.2) is 24.0 Å². The molecular formula is C12H18FNOS. The van der Waals surface area contributed by atoms with Gasteiger partial charge in [-0.2, -0.15) is 0 Å². The van der Waals surface area contributed by atoms with E-state index in [9.17, 15) is 4.39 Å². The fourth-order valence-corrected chi connectivity index (χ4v) is 1.99. The van der Waals surface area contributed by atoms with E-state index in [0.29, 0.717) is 4.90 Å². The molecule has 0 aromatic heterocycles. The molecule has 0 fully saturated rings. The fourth-order valence-electron chi connectivity index (χ4n) is 1.53. The van der Waals surface area contributed by atoms with Crippen molar-refractivity contribution in [2.24, 2.45) is 0 Å². The number of aliphatic hydroxyl groups excluding tert-OH is 1. The molecule has 1 aromatic carbocycles. The van der Waals surface area contributed by atoms with Crippen LogP contribution >= 0.6 is 11.8 Å². The maximum absolute atomic E-state index is 13.5. The van der Waals surface area contributed by atoms with Crippen LogP contribution in [0, 0.1) is 5.82 Å². The van der Waals surface area contributed by atoms with Crippen molar-refractivity contribution in [1.29, 1.82) is 0 Å². The molecule has 0 aliphatic rings. The van der Waals surface area contributed by atoms with Gasteiger partial charge >= 0.3 is 0 Å². The molecule has 2 nitrogen and oxygen atoms in total. The number of hydrogen-bond donors (Lipinski definition) is 2. The molecule has 90 valence electrons. The van der Waals surface area contributed by atoms with E-state index in [1.165, 1.54) is 11.8 Å². The van der Waals surface area contributed by atoms with E-state index in [-0.39, 0.29) is 24.5 Å². The Labute approximate surface area is 100 Å². The number of rotatable bonds is 5. The summed E-state index contributed by atoms with van der Waals surface area (Å²) in [7, 11) is 0. The first-order valence-electron chi connectivity index (χ1n) is 5.28. The van der Waals surface area contributed by atoms with Gasteiger partial charge < -0.3 is 10.4 Å². The maximum Gasteiger partial charge on any atom is 0.137 e. The summed E-state index contributed by atoms with van der Waals surface area (Å²) in [6, 6.07) is 5.30. The Balaban J connectivity index is 2.76. The lowest BCUT2D eigenvalue weighted by atomic mass is 10.1. The van der Waals surface area contributed by atoms with Gasteiger partial charge in [0.1, 0.15) is 5.82 Å². The first-order chi connectivity index (χ1) is 7.58. The van der Waals surface area contributed by atoms with Crippen molar-refractivity contribution in [3.8, 4) is 0 Å². The van der Waals surface area contributed by atoms with Crippen molar-refractivity contribution < 1.29 is 9.50 Å². The molecular weight excluding hydrogens is 225 g/mol. The van der Waals surface area contributed by atoms with Gasteiger partial charge in [-0.05, 0) is 37.8 Å². The first kappa shape index (κ1) is 13.5. The molecule has 1 aromatic rings. The van der Waals surface area contributed by atoms with Crippen molar-refractivity contribution in [2.45, 2.75) is 30.8 Å². The molecule has 0 saturated heterocycles. The second kappa shape index (κ2) is 6.23. The summed E-state index contributed by atoms with van der Waals surface area (Å²) >= 11 is 1.40. The maximum atomic E-state index is 13.5. The molecule has 2 atom stereocenters. The van der Waals surface area contributed by atoms with E-state index in [4.69, 9.17) is 5.11 Å². The van der Waals surface area contributed by atoms with Crippen LogP contribution in [0.4, 0.5) is 4.39 Å². The summed E-state index contributed by atoms with van der Waals surface area (Å²) in [5, 5.41) is 12.1. The Hall–Kier alpha value is -0.580. The van der Waals surface area contributed by atoms with Crippen LogP contribution < -0.4 is 5.32 Å². The third-order valence-electron chi connectivity index (χ3n) is 2.48. The summed E-state index contributed by atoms with van der Waals surface area (Å²) in [4.78, 5) is 0.658. The van der Waals surface area contributed by atoms with Crippen molar-refractivity contribution >= 4 is 11.8 Å². The molecule has 0 amide bonds. The van der Waals surface area contributed by atoms with Crippen LogP contribution in [0.2, 0.25) is 0 Å². The van der Waals surface area contributed by atoms with E-state index in [1.54, 1.807) is 12.1 Å². The van der Waals surface area contributed by atoms with Gasteiger partial charge in [0.2, 0.25) is 0 Å². The summed E-state index contributed by atoms with van der Waals surface area (Å²) in [6.07, 6.45) is 1.85. The van der Waals surface area contributed by atoms with Crippen LogP contribution in [0.3, 0.4) is 0 Å². The molecule has 0 aliphatic carbocycles. The molecule has 1 rings (SSSR count). The second-order valence-corrected chi connectivity index (χ2v) is 4.71. The van der Waals surface area contributed by atoms with Gasteiger partial charge in [-0.1, -0.05) is 6.07 Å². The summed E-state index contributed by atoms with van der Waals surface area (Å²) in [5.74, 6) is -0.185. The van der Waals surface area contributed by atoms with E-state index in [0.717, 1.165) is 5.56 Å². The lowest BCUT2D eigenvalue weighted by Crippen LogP contribution is -2.31. The Morgan fingerprint density at radius 2 is 2.12 bits per heavy atom. The quantitative estimate of drug-likeness (QED) is 0.780. The van der Waals surface area contributed by atoms with Crippen LogP contribution in [0.1, 0.15) is 25.5 Å². The van der Waals surface area contributed by atoms with Gasteiger partial charge in [0.25, 0.3) is 0 Å². The molecule has 0 saturated carbocycles. The second-order valence-electron chi connectivity index (χ2n) is 3.87. The Morgan fingerprint density at radius 1 is 1.44 bits per heavy atom. The first-order valence-corrected chi connectivity index (χ1v) is 6.51. The summed E-state index contributed by atoms with van der Waals surface area (Å²) in [6.45, 7) is 3.93. The molecule has 1 unspecified atom stereocenters. The van der Waals surface area contributed by atoms with E-state index < -0.39 is 0 Å². The smallest absolute Gasteiger partial charge is 0.137 e. The standard InChI is InChI=1S/C12H18FNOS/c1-8(7-15)14-9(2)10-4-5-12(16-3)11(13)6-10/h4-6,8-9,14-15H,7H2,1-3H3/t8-,9?/m1/s1. The largest absolute Gasteiger partial charge is 0.395 e. The highest BCUT2D eigenvalue weighted by molar-refractivity contribution is 7.98. The number of benzene rings is 1. The average Bonchev–Trinajstić information content (AvgIpc) is 2.28. The lowest BCUT2D eigenvalue weighted by molar-refractivity contribution is 0.243. The molecule has 16 heavy (non-hydrogen) atoms. The minimum atomic E-state index is -0.185. The molecule has 0 radical (unpaired) electrons. The van der Waals surface area contributed by atoms with Crippen molar-refractivity contribution in [3.05, 3.63) is 29.6 Å². The van der Waals surface area contributed by atoms with Gasteiger partial charge in [0.05, 0.1) is 6.61 Å². The molecule has 4 heteroatoms. The third-order valence-corrected chi connectivity index (χ3v) is 3.26. The van der Waals surface area contributed by atoms with Crippen molar-refractivity contribution in [2.75, 3.05) is 12.9 Å². The Kier molecular flexibility index (Phi) is 5.25. The van der Waals surface area contributed by atoms with Gasteiger partial charge in [-0.15, -0.1) is 11.8 Å². The minimum absolute atomic E-state index is 0.0123. The van der Waals surface area contributed by atoms with E-state index in [1.807, 2.05) is 26.2 Å². The molecule has 0 bridgehead atoms. The zero-order chi connectivity index (χ0) is 12.1. The SMILES string of the molecule is CSc1ccc(C(C)N[C@H](C)CO)cc1F.